The number of nitrogens with one attached hydrogen (secondary N) is 1. The molecule has 0 atom stereocenters. The van der Waals surface area contributed by atoms with Crippen molar-refractivity contribution in [1.82, 2.24) is 15.1 Å². The monoisotopic (exact) mass is 403 g/mol. The molecule has 0 aromatic heterocycles. The van der Waals surface area contributed by atoms with Crippen LogP contribution in [0.4, 0.5) is 4.79 Å². The third kappa shape index (κ3) is 5.13. The summed E-state index contributed by atoms with van der Waals surface area (Å²) < 4.78 is 5.06. The number of amides is 4. The molecule has 1 aromatic rings. The minimum Gasteiger partial charge on any atom is -0.454 e. The van der Waals surface area contributed by atoms with E-state index in [0.29, 0.717) is 19.4 Å². The molecule has 1 aliphatic heterocycles. The number of nitrogens with zero attached hydrogens (tertiary/aromatic N) is 2. The Morgan fingerprint density at radius 1 is 1.14 bits per heavy atom. The molecular formula is C21H29N3O5. The Morgan fingerprint density at radius 2 is 1.76 bits per heavy atom. The number of carbonyl (C=O) groups excluding carboxylic acids is 4. The van der Waals surface area contributed by atoms with Crippen LogP contribution in [-0.4, -0.2) is 58.3 Å². The average molecular weight is 403 g/mol. The van der Waals surface area contributed by atoms with Gasteiger partial charge in [0, 0.05) is 12.6 Å². The molecule has 0 bridgehead atoms. The van der Waals surface area contributed by atoms with Crippen molar-refractivity contribution >= 4 is 23.8 Å². The molecule has 8 nitrogen and oxygen atoms in total. The minimum absolute atomic E-state index is 0.0814. The van der Waals surface area contributed by atoms with Gasteiger partial charge >= 0.3 is 12.0 Å². The molecule has 29 heavy (non-hydrogen) atoms. The number of benzene rings is 1. The first-order valence-electron chi connectivity index (χ1n) is 9.87. The Hall–Kier alpha value is -2.90. The molecule has 0 aliphatic carbocycles. The highest BCUT2D eigenvalue weighted by atomic mass is 16.5. The van der Waals surface area contributed by atoms with E-state index in [1.54, 1.807) is 18.7 Å². The number of hydrogen-bond donors (Lipinski definition) is 1. The third-order valence-corrected chi connectivity index (χ3v) is 5.24. The molecule has 1 heterocycles. The van der Waals surface area contributed by atoms with Gasteiger partial charge in [-0.25, -0.2) is 4.79 Å². The lowest BCUT2D eigenvalue weighted by atomic mass is 9.93. The fourth-order valence-corrected chi connectivity index (χ4v) is 3.29. The molecule has 0 saturated carbocycles. The summed E-state index contributed by atoms with van der Waals surface area (Å²) in [6.07, 6.45) is 0.863. The first kappa shape index (κ1) is 22.4. The van der Waals surface area contributed by atoms with E-state index < -0.39 is 36.6 Å². The summed E-state index contributed by atoms with van der Waals surface area (Å²) in [6, 6.07) is 8.82. The Bertz CT molecular complexity index is 759. The van der Waals surface area contributed by atoms with E-state index in [4.69, 9.17) is 4.74 Å². The summed E-state index contributed by atoms with van der Waals surface area (Å²) >= 11 is 0. The Kier molecular flexibility index (Phi) is 7.36. The van der Waals surface area contributed by atoms with Gasteiger partial charge in [-0.2, -0.15) is 0 Å². The van der Waals surface area contributed by atoms with Crippen molar-refractivity contribution in [2.24, 2.45) is 0 Å². The van der Waals surface area contributed by atoms with Gasteiger partial charge in [0.15, 0.2) is 6.61 Å². The molecule has 1 fully saturated rings. The van der Waals surface area contributed by atoms with Crippen molar-refractivity contribution in [2.75, 3.05) is 13.2 Å². The normalized spacial score (nSPS) is 15.4. The zero-order valence-corrected chi connectivity index (χ0v) is 17.4. The minimum atomic E-state index is -0.975. The number of rotatable bonds is 9. The van der Waals surface area contributed by atoms with E-state index in [0.717, 1.165) is 10.5 Å². The van der Waals surface area contributed by atoms with Gasteiger partial charge in [0.2, 0.25) is 0 Å². The SMILES string of the molecule is CCC1(CC)NC(=O)N(CC(=O)OCC(=O)N(Cc2ccccc2)C(C)C)C1=O. The Labute approximate surface area is 171 Å². The van der Waals surface area contributed by atoms with Crippen molar-refractivity contribution in [3.63, 3.8) is 0 Å². The van der Waals surface area contributed by atoms with Crippen LogP contribution in [0.3, 0.4) is 0 Å². The first-order chi connectivity index (χ1) is 13.7. The maximum Gasteiger partial charge on any atom is 0.326 e. The summed E-state index contributed by atoms with van der Waals surface area (Å²) in [5.74, 6) is -1.58. The lowest BCUT2D eigenvalue weighted by molar-refractivity contribution is -0.154. The molecule has 158 valence electrons. The van der Waals surface area contributed by atoms with Crippen LogP contribution in [0.25, 0.3) is 0 Å². The second-order valence-electron chi connectivity index (χ2n) is 7.37. The van der Waals surface area contributed by atoms with E-state index in [1.807, 2.05) is 44.2 Å². The van der Waals surface area contributed by atoms with Crippen LogP contribution in [0, 0.1) is 0 Å². The van der Waals surface area contributed by atoms with Crippen molar-refractivity contribution in [2.45, 2.75) is 58.7 Å². The maximum absolute atomic E-state index is 12.5. The van der Waals surface area contributed by atoms with Crippen molar-refractivity contribution in [1.29, 1.82) is 0 Å². The number of imide groups is 1. The van der Waals surface area contributed by atoms with Gasteiger partial charge in [0.05, 0.1) is 0 Å². The fourth-order valence-electron chi connectivity index (χ4n) is 3.29. The van der Waals surface area contributed by atoms with Crippen LogP contribution >= 0.6 is 0 Å². The van der Waals surface area contributed by atoms with Crippen LogP contribution in [0.2, 0.25) is 0 Å². The van der Waals surface area contributed by atoms with Crippen LogP contribution < -0.4 is 5.32 Å². The smallest absolute Gasteiger partial charge is 0.326 e. The predicted molar refractivity (Wildman–Crippen MR) is 107 cm³/mol. The van der Waals surface area contributed by atoms with Crippen LogP contribution in [-0.2, 0) is 25.7 Å². The van der Waals surface area contributed by atoms with Gasteiger partial charge in [-0.1, -0.05) is 44.2 Å². The van der Waals surface area contributed by atoms with Gasteiger partial charge in [-0.05, 0) is 32.3 Å². The summed E-state index contributed by atoms with van der Waals surface area (Å²) in [7, 11) is 0. The second-order valence-corrected chi connectivity index (χ2v) is 7.37. The number of ether oxygens (including phenoxy) is 1. The summed E-state index contributed by atoms with van der Waals surface area (Å²) in [5, 5.41) is 2.65. The van der Waals surface area contributed by atoms with Gasteiger partial charge < -0.3 is 15.0 Å². The number of carbonyl (C=O) groups is 4. The second kappa shape index (κ2) is 9.54. The largest absolute Gasteiger partial charge is 0.454 e. The highest BCUT2D eigenvalue weighted by Gasteiger charge is 2.49. The standard InChI is InChI=1S/C21H29N3O5/c1-5-21(6-2)19(27)24(20(28)22-21)13-18(26)29-14-17(25)23(15(3)4)12-16-10-8-7-9-11-16/h7-11,15H,5-6,12-14H2,1-4H3,(H,22,28). The lowest BCUT2D eigenvalue weighted by Gasteiger charge is -2.27. The topological polar surface area (TPSA) is 96.0 Å². The fraction of sp³-hybridized carbons (Fsp3) is 0.524. The highest BCUT2D eigenvalue weighted by molar-refractivity contribution is 6.08. The summed E-state index contributed by atoms with van der Waals surface area (Å²) in [5.41, 5.74) is -0.00667. The molecule has 8 heteroatoms. The van der Waals surface area contributed by atoms with Crippen molar-refractivity contribution in [3.05, 3.63) is 35.9 Å². The van der Waals surface area contributed by atoms with Gasteiger partial charge in [-0.15, -0.1) is 0 Å². The average Bonchev–Trinajstić information content (AvgIpc) is 2.95. The quantitative estimate of drug-likeness (QED) is 0.503. The van der Waals surface area contributed by atoms with Gasteiger partial charge in [0.25, 0.3) is 11.8 Å². The molecule has 1 N–H and O–H groups in total. The molecular weight excluding hydrogens is 374 g/mol. The molecule has 4 amide bonds. The predicted octanol–water partition coefficient (Wildman–Crippen LogP) is 2.08. The number of hydrogen-bond acceptors (Lipinski definition) is 5. The molecule has 0 spiro atoms. The molecule has 0 unspecified atom stereocenters. The molecule has 2 rings (SSSR count). The Balaban J connectivity index is 1.93. The maximum atomic E-state index is 12.5. The molecule has 1 aromatic carbocycles. The Morgan fingerprint density at radius 3 is 2.28 bits per heavy atom. The van der Waals surface area contributed by atoms with E-state index in [-0.39, 0.29) is 11.9 Å². The summed E-state index contributed by atoms with van der Waals surface area (Å²) in [6.45, 7) is 6.80. The lowest BCUT2D eigenvalue weighted by Crippen LogP contribution is -2.46. The van der Waals surface area contributed by atoms with E-state index in [1.165, 1.54) is 0 Å². The van der Waals surface area contributed by atoms with Crippen LogP contribution in [0.15, 0.2) is 30.3 Å². The third-order valence-electron chi connectivity index (χ3n) is 5.24. The van der Waals surface area contributed by atoms with E-state index in [2.05, 4.69) is 5.32 Å². The molecule has 1 aliphatic rings. The molecule has 0 radical (unpaired) electrons. The zero-order chi connectivity index (χ0) is 21.6. The zero-order valence-electron chi connectivity index (χ0n) is 17.4. The van der Waals surface area contributed by atoms with Crippen LogP contribution in [0.1, 0.15) is 46.1 Å². The van der Waals surface area contributed by atoms with Crippen molar-refractivity contribution < 1.29 is 23.9 Å². The van der Waals surface area contributed by atoms with E-state index in [9.17, 15) is 19.2 Å². The van der Waals surface area contributed by atoms with Crippen molar-refractivity contribution in [3.8, 4) is 0 Å². The number of esters is 1. The summed E-state index contributed by atoms with van der Waals surface area (Å²) in [4.78, 5) is 51.8. The van der Waals surface area contributed by atoms with Crippen LogP contribution in [0.5, 0.6) is 0 Å². The van der Waals surface area contributed by atoms with Gasteiger partial charge in [-0.3, -0.25) is 19.3 Å². The first-order valence-corrected chi connectivity index (χ1v) is 9.87. The van der Waals surface area contributed by atoms with E-state index >= 15 is 0 Å². The molecule has 1 saturated heterocycles. The number of urea groups is 1. The highest BCUT2D eigenvalue weighted by Crippen LogP contribution is 2.24. The van der Waals surface area contributed by atoms with Gasteiger partial charge in [0.1, 0.15) is 12.1 Å².